The molecule has 2 N–H and O–H groups in total. The van der Waals surface area contributed by atoms with Crippen LogP contribution in [0.2, 0.25) is 0 Å². The number of carbonyl (C=O) groups is 1. The van der Waals surface area contributed by atoms with Gasteiger partial charge in [-0.2, -0.15) is 10.1 Å². The maximum absolute atomic E-state index is 11.6. The molecule has 0 aliphatic carbocycles. The van der Waals surface area contributed by atoms with Crippen molar-refractivity contribution in [3.05, 3.63) is 6.33 Å². The molecule has 0 radical (unpaired) electrons. The number of carbonyl (C=O) groups excluding carboxylic acids is 1. The van der Waals surface area contributed by atoms with Crippen molar-refractivity contribution in [1.82, 2.24) is 20.1 Å². The molecule has 1 aliphatic heterocycles. The average Bonchev–Trinajstić information content (AvgIpc) is 2.66. The third-order valence-corrected chi connectivity index (χ3v) is 2.38. The van der Waals surface area contributed by atoms with E-state index >= 15 is 0 Å². The van der Waals surface area contributed by atoms with Gasteiger partial charge in [0.25, 0.3) is 0 Å². The molecule has 7 heteroatoms. The molecule has 0 aromatic carbocycles. The molecular weight excluding hydrogens is 210 g/mol. The summed E-state index contributed by atoms with van der Waals surface area (Å²) in [6.45, 7) is 2.22. The Hall–Kier alpha value is -1.47. The first-order chi connectivity index (χ1) is 7.75. The van der Waals surface area contributed by atoms with Crippen LogP contribution >= 0.6 is 0 Å². The maximum atomic E-state index is 11.6. The first-order valence-electron chi connectivity index (χ1n) is 5.22. The number of nitrogens with zero attached hydrogens (tertiary/aromatic N) is 3. The number of ether oxygens (including phenoxy) is 1. The molecule has 0 bridgehead atoms. The Balaban J connectivity index is 1.82. The summed E-state index contributed by atoms with van der Waals surface area (Å²) < 4.78 is 6.94. The SMILES string of the molecule is Cn1ncnc1NC(=O)CC1CNCCO1. The third-order valence-electron chi connectivity index (χ3n) is 2.38. The van der Waals surface area contributed by atoms with Crippen molar-refractivity contribution in [3.8, 4) is 0 Å². The highest BCUT2D eigenvalue weighted by Gasteiger charge is 2.18. The highest BCUT2D eigenvalue weighted by Crippen LogP contribution is 2.04. The predicted octanol–water partition coefficient (Wildman–Crippen LogP) is -0.868. The fourth-order valence-electron chi connectivity index (χ4n) is 1.54. The van der Waals surface area contributed by atoms with E-state index in [1.54, 1.807) is 7.05 Å². The van der Waals surface area contributed by atoms with E-state index in [4.69, 9.17) is 4.74 Å². The molecule has 0 spiro atoms. The summed E-state index contributed by atoms with van der Waals surface area (Å²) in [5.41, 5.74) is 0. The van der Waals surface area contributed by atoms with Gasteiger partial charge < -0.3 is 10.1 Å². The maximum Gasteiger partial charge on any atom is 0.229 e. The van der Waals surface area contributed by atoms with Gasteiger partial charge in [-0.3, -0.25) is 10.1 Å². The number of anilines is 1. The Kier molecular flexibility index (Phi) is 3.47. The Morgan fingerprint density at radius 1 is 1.81 bits per heavy atom. The number of rotatable bonds is 3. The predicted molar refractivity (Wildman–Crippen MR) is 56.9 cm³/mol. The van der Waals surface area contributed by atoms with Crippen molar-refractivity contribution in [1.29, 1.82) is 0 Å². The van der Waals surface area contributed by atoms with Gasteiger partial charge in [0.1, 0.15) is 6.33 Å². The number of hydrogen-bond acceptors (Lipinski definition) is 5. The summed E-state index contributed by atoms with van der Waals surface area (Å²) in [7, 11) is 1.72. The van der Waals surface area contributed by atoms with Crippen LogP contribution in [-0.4, -0.2) is 46.5 Å². The van der Waals surface area contributed by atoms with E-state index in [0.717, 1.165) is 6.54 Å². The second-order valence-corrected chi connectivity index (χ2v) is 3.66. The van der Waals surface area contributed by atoms with Crippen molar-refractivity contribution < 1.29 is 9.53 Å². The highest BCUT2D eigenvalue weighted by atomic mass is 16.5. The minimum atomic E-state index is -0.107. The molecule has 2 rings (SSSR count). The van der Waals surface area contributed by atoms with E-state index in [-0.39, 0.29) is 12.0 Å². The summed E-state index contributed by atoms with van der Waals surface area (Å²) in [4.78, 5) is 15.5. The van der Waals surface area contributed by atoms with E-state index in [0.29, 0.717) is 25.5 Å². The van der Waals surface area contributed by atoms with Crippen LogP contribution in [0, 0.1) is 0 Å². The summed E-state index contributed by atoms with van der Waals surface area (Å²) >= 11 is 0. The molecule has 1 fully saturated rings. The monoisotopic (exact) mass is 225 g/mol. The Morgan fingerprint density at radius 3 is 3.31 bits per heavy atom. The molecule has 1 amide bonds. The number of hydrogen-bond donors (Lipinski definition) is 2. The Morgan fingerprint density at radius 2 is 2.69 bits per heavy atom. The van der Waals surface area contributed by atoms with Gasteiger partial charge in [-0.1, -0.05) is 0 Å². The number of aryl methyl sites for hydroxylation is 1. The molecule has 0 saturated carbocycles. The molecular formula is C9H15N5O2. The lowest BCUT2D eigenvalue weighted by molar-refractivity contribution is -0.119. The average molecular weight is 225 g/mol. The summed E-state index contributed by atoms with van der Waals surface area (Å²) in [5, 5.41) is 9.72. The zero-order valence-corrected chi connectivity index (χ0v) is 9.14. The molecule has 2 heterocycles. The fourth-order valence-corrected chi connectivity index (χ4v) is 1.54. The molecule has 1 saturated heterocycles. The van der Waals surface area contributed by atoms with Crippen LogP contribution in [-0.2, 0) is 16.6 Å². The van der Waals surface area contributed by atoms with Gasteiger partial charge in [0.15, 0.2) is 0 Å². The number of morpholine rings is 1. The summed E-state index contributed by atoms with van der Waals surface area (Å²) in [6, 6.07) is 0. The lowest BCUT2D eigenvalue weighted by Gasteiger charge is -2.22. The molecule has 1 aromatic rings. The molecule has 1 aromatic heterocycles. The lowest BCUT2D eigenvalue weighted by atomic mass is 10.2. The zero-order valence-electron chi connectivity index (χ0n) is 9.14. The number of amides is 1. The van der Waals surface area contributed by atoms with Crippen LogP contribution in [0.1, 0.15) is 6.42 Å². The topological polar surface area (TPSA) is 81.1 Å². The van der Waals surface area contributed by atoms with Gasteiger partial charge in [0.05, 0.1) is 19.1 Å². The van der Waals surface area contributed by atoms with Crippen LogP contribution in [0.5, 0.6) is 0 Å². The first kappa shape index (κ1) is 11.0. The molecule has 1 aliphatic rings. The standard InChI is InChI=1S/C9H15N5O2/c1-14-9(11-6-12-14)13-8(15)4-7-5-10-2-3-16-7/h6-7,10H,2-5H2,1H3,(H,11,12,13,15). The summed E-state index contributed by atoms with van der Waals surface area (Å²) in [6.07, 6.45) is 1.68. The molecule has 1 atom stereocenters. The van der Waals surface area contributed by atoms with Crippen LogP contribution in [0.3, 0.4) is 0 Å². The lowest BCUT2D eigenvalue weighted by Crippen LogP contribution is -2.40. The summed E-state index contributed by atoms with van der Waals surface area (Å²) in [5.74, 6) is 0.346. The van der Waals surface area contributed by atoms with Crippen LogP contribution in [0.4, 0.5) is 5.95 Å². The van der Waals surface area contributed by atoms with Gasteiger partial charge in [-0.05, 0) is 0 Å². The molecule has 7 nitrogen and oxygen atoms in total. The molecule has 16 heavy (non-hydrogen) atoms. The Bertz CT molecular complexity index is 359. The quantitative estimate of drug-likeness (QED) is 0.699. The van der Waals surface area contributed by atoms with Crippen LogP contribution in [0.25, 0.3) is 0 Å². The van der Waals surface area contributed by atoms with Gasteiger partial charge in [0, 0.05) is 20.1 Å². The second-order valence-electron chi connectivity index (χ2n) is 3.66. The van der Waals surface area contributed by atoms with E-state index in [1.807, 2.05) is 0 Å². The van der Waals surface area contributed by atoms with Crippen molar-refractivity contribution in [2.75, 3.05) is 25.0 Å². The largest absolute Gasteiger partial charge is 0.375 e. The van der Waals surface area contributed by atoms with Crippen molar-refractivity contribution in [2.24, 2.45) is 7.05 Å². The van der Waals surface area contributed by atoms with Crippen LogP contribution in [0.15, 0.2) is 6.33 Å². The van der Waals surface area contributed by atoms with E-state index < -0.39 is 0 Å². The van der Waals surface area contributed by atoms with E-state index in [9.17, 15) is 4.79 Å². The Labute approximate surface area is 93.2 Å². The normalized spacial score (nSPS) is 20.7. The van der Waals surface area contributed by atoms with Gasteiger partial charge >= 0.3 is 0 Å². The minimum Gasteiger partial charge on any atom is -0.375 e. The zero-order chi connectivity index (χ0) is 11.4. The smallest absolute Gasteiger partial charge is 0.229 e. The first-order valence-corrected chi connectivity index (χ1v) is 5.22. The van der Waals surface area contributed by atoms with Crippen molar-refractivity contribution >= 4 is 11.9 Å². The van der Waals surface area contributed by atoms with Crippen molar-refractivity contribution in [3.63, 3.8) is 0 Å². The number of aromatic nitrogens is 3. The van der Waals surface area contributed by atoms with E-state index in [1.165, 1.54) is 11.0 Å². The van der Waals surface area contributed by atoms with Crippen molar-refractivity contribution in [2.45, 2.75) is 12.5 Å². The number of nitrogens with one attached hydrogen (secondary N) is 2. The van der Waals surface area contributed by atoms with Gasteiger partial charge in [-0.15, -0.1) is 0 Å². The van der Waals surface area contributed by atoms with Gasteiger partial charge in [-0.25, -0.2) is 4.68 Å². The van der Waals surface area contributed by atoms with Crippen LogP contribution < -0.4 is 10.6 Å². The fraction of sp³-hybridized carbons (Fsp3) is 0.667. The highest BCUT2D eigenvalue weighted by molar-refractivity contribution is 5.89. The molecule has 88 valence electrons. The van der Waals surface area contributed by atoms with E-state index in [2.05, 4.69) is 20.7 Å². The van der Waals surface area contributed by atoms with Gasteiger partial charge in [0.2, 0.25) is 11.9 Å². The molecule has 1 unspecified atom stereocenters. The second kappa shape index (κ2) is 5.04. The third kappa shape index (κ3) is 2.77. The minimum absolute atomic E-state index is 0.0537.